The molecule has 0 spiro atoms. The molecule has 1 fully saturated rings. The molecule has 1 aromatic rings. The summed E-state index contributed by atoms with van der Waals surface area (Å²) in [4.78, 5) is 29.0. The molecule has 1 aliphatic heterocycles. The summed E-state index contributed by atoms with van der Waals surface area (Å²) in [6.07, 6.45) is 2.93. The number of ether oxygens (including phenoxy) is 2. The number of amides is 2. The Balaban J connectivity index is 1.88. The first-order chi connectivity index (χ1) is 11.6. The number of nitrogens with one attached hydrogen (secondary N) is 1. The van der Waals surface area contributed by atoms with Gasteiger partial charge in [-0.25, -0.2) is 9.78 Å². The van der Waals surface area contributed by atoms with Crippen LogP contribution in [0, 0.1) is 5.92 Å². The number of aliphatic carboxylic acids is 1. The van der Waals surface area contributed by atoms with Crippen LogP contribution in [-0.4, -0.2) is 60.4 Å². The molecule has 1 aromatic heterocycles. The topological polar surface area (TPSA) is 101 Å². The summed E-state index contributed by atoms with van der Waals surface area (Å²) in [5.41, 5.74) is 0.758. The number of urea groups is 1. The summed E-state index contributed by atoms with van der Waals surface area (Å²) in [6.45, 7) is 1.90. The highest BCUT2D eigenvalue weighted by Gasteiger charge is 2.28. The molecule has 2 N–H and O–H groups in total. The minimum atomic E-state index is -0.853. The van der Waals surface area contributed by atoms with Crippen LogP contribution in [0.5, 0.6) is 5.88 Å². The summed E-state index contributed by atoms with van der Waals surface area (Å²) in [5.74, 6) is -0.888. The number of rotatable bonds is 7. The fourth-order valence-corrected chi connectivity index (χ4v) is 2.56. The Bertz CT molecular complexity index is 566. The Morgan fingerprint density at radius 3 is 3.04 bits per heavy atom. The predicted octanol–water partition coefficient (Wildman–Crippen LogP) is 1.11. The molecule has 8 nitrogen and oxygen atoms in total. The van der Waals surface area contributed by atoms with Gasteiger partial charge < -0.3 is 24.8 Å². The molecule has 1 unspecified atom stereocenters. The van der Waals surface area contributed by atoms with Crippen molar-refractivity contribution in [3.8, 4) is 5.88 Å². The zero-order valence-corrected chi connectivity index (χ0v) is 13.7. The van der Waals surface area contributed by atoms with Gasteiger partial charge in [-0.1, -0.05) is 6.07 Å². The van der Waals surface area contributed by atoms with Crippen molar-refractivity contribution < 1.29 is 24.2 Å². The number of likely N-dealkylation sites (tertiary alicyclic amines) is 1. The largest absolute Gasteiger partial charge is 0.481 e. The van der Waals surface area contributed by atoms with Crippen molar-refractivity contribution in [1.29, 1.82) is 0 Å². The average Bonchev–Trinajstić information content (AvgIpc) is 2.61. The predicted molar refractivity (Wildman–Crippen MR) is 85.8 cm³/mol. The van der Waals surface area contributed by atoms with E-state index in [1.807, 2.05) is 6.07 Å². The molecule has 0 aromatic carbocycles. The smallest absolute Gasteiger partial charge is 0.317 e. The van der Waals surface area contributed by atoms with Crippen molar-refractivity contribution in [2.45, 2.75) is 19.4 Å². The second-order valence-corrected chi connectivity index (χ2v) is 5.59. The van der Waals surface area contributed by atoms with Crippen LogP contribution in [-0.2, 0) is 16.1 Å². The Labute approximate surface area is 140 Å². The first kappa shape index (κ1) is 18.0. The number of carboxylic acid groups (broad SMARTS) is 1. The second-order valence-electron chi connectivity index (χ2n) is 5.59. The van der Waals surface area contributed by atoms with E-state index in [2.05, 4.69) is 10.3 Å². The number of aromatic nitrogens is 1. The summed E-state index contributed by atoms with van der Waals surface area (Å²) < 4.78 is 10.5. The van der Waals surface area contributed by atoms with Crippen LogP contribution in [0.4, 0.5) is 4.79 Å². The maximum absolute atomic E-state index is 12.3. The van der Waals surface area contributed by atoms with E-state index >= 15 is 0 Å². The number of hydrogen-bond donors (Lipinski definition) is 2. The van der Waals surface area contributed by atoms with Gasteiger partial charge in [0.05, 0.1) is 12.5 Å². The third kappa shape index (κ3) is 5.09. The number of hydrogen-bond acceptors (Lipinski definition) is 5. The third-order valence-corrected chi connectivity index (χ3v) is 3.86. The number of nitrogens with zero attached hydrogens (tertiary/aromatic N) is 2. The van der Waals surface area contributed by atoms with Gasteiger partial charge >= 0.3 is 12.0 Å². The maximum Gasteiger partial charge on any atom is 0.317 e. The van der Waals surface area contributed by atoms with E-state index in [0.717, 1.165) is 5.56 Å². The van der Waals surface area contributed by atoms with Crippen LogP contribution >= 0.6 is 0 Å². The first-order valence-electron chi connectivity index (χ1n) is 7.93. The maximum atomic E-state index is 12.3. The number of pyridine rings is 1. The van der Waals surface area contributed by atoms with E-state index in [-0.39, 0.29) is 19.1 Å². The molecule has 24 heavy (non-hydrogen) atoms. The molecule has 2 amide bonds. The Morgan fingerprint density at radius 1 is 1.46 bits per heavy atom. The Morgan fingerprint density at radius 2 is 2.29 bits per heavy atom. The standard InChI is InChI=1S/C16H23N3O5/c1-23-8-9-24-14-12(4-2-6-17-14)10-18-16(22)19-7-3-5-13(11-19)15(20)21/h2,4,6,13H,3,5,7-11H2,1H3,(H,18,22)(H,20,21). The van der Waals surface area contributed by atoms with Crippen LogP contribution in [0.2, 0.25) is 0 Å². The van der Waals surface area contributed by atoms with Gasteiger partial charge in [-0.15, -0.1) is 0 Å². The number of carboxylic acids is 1. The fourth-order valence-electron chi connectivity index (χ4n) is 2.56. The van der Waals surface area contributed by atoms with E-state index in [1.54, 1.807) is 24.3 Å². The number of piperidine rings is 1. The van der Waals surface area contributed by atoms with E-state index in [9.17, 15) is 9.59 Å². The van der Waals surface area contributed by atoms with Crippen molar-refractivity contribution in [3.63, 3.8) is 0 Å². The highest BCUT2D eigenvalue weighted by molar-refractivity contribution is 5.76. The summed E-state index contributed by atoms with van der Waals surface area (Å²) in [6, 6.07) is 3.32. The van der Waals surface area contributed by atoms with E-state index < -0.39 is 11.9 Å². The minimum Gasteiger partial charge on any atom is -0.481 e. The molecule has 0 saturated carbocycles. The Hall–Kier alpha value is -2.35. The van der Waals surface area contributed by atoms with Crippen LogP contribution in [0.1, 0.15) is 18.4 Å². The quantitative estimate of drug-likeness (QED) is 0.723. The normalized spacial score (nSPS) is 17.4. The molecule has 132 valence electrons. The average molecular weight is 337 g/mol. The SMILES string of the molecule is COCCOc1ncccc1CNC(=O)N1CCCC(C(=O)O)C1. The highest BCUT2D eigenvalue weighted by Crippen LogP contribution is 2.17. The van der Waals surface area contributed by atoms with Crippen LogP contribution < -0.4 is 10.1 Å². The van der Waals surface area contributed by atoms with Crippen molar-refractivity contribution in [2.75, 3.05) is 33.4 Å². The second kappa shape index (κ2) is 9.07. The lowest BCUT2D eigenvalue weighted by molar-refractivity contribution is -0.143. The lowest BCUT2D eigenvalue weighted by atomic mass is 9.99. The molecule has 1 atom stereocenters. The molecule has 2 heterocycles. The van der Waals surface area contributed by atoms with Gasteiger partial charge in [0, 0.05) is 38.5 Å². The summed E-state index contributed by atoms with van der Waals surface area (Å²) in [7, 11) is 1.59. The van der Waals surface area contributed by atoms with Crippen molar-refractivity contribution >= 4 is 12.0 Å². The zero-order valence-electron chi connectivity index (χ0n) is 13.7. The molecule has 0 aliphatic carbocycles. The molecule has 1 aliphatic rings. The van der Waals surface area contributed by atoms with Crippen LogP contribution in [0.25, 0.3) is 0 Å². The lowest BCUT2D eigenvalue weighted by Crippen LogP contribution is -2.46. The summed E-state index contributed by atoms with van der Waals surface area (Å²) >= 11 is 0. The molecular formula is C16H23N3O5. The lowest BCUT2D eigenvalue weighted by Gasteiger charge is -2.30. The summed E-state index contributed by atoms with van der Waals surface area (Å²) in [5, 5.41) is 11.9. The van der Waals surface area contributed by atoms with Crippen molar-refractivity contribution in [1.82, 2.24) is 15.2 Å². The van der Waals surface area contributed by atoms with Crippen LogP contribution in [0.3, 0.4) is 0 Å². The van der Waals surface area contributed by atoms with Gasteiger partial charge in [-0.05, 0) is 18.9 Å². The molecular weight excluding hydrogens is 314 g/mol. The number of carbonyl (C=O) groups is 2. The van der Waals surface area contributed by atoms with E-state index in [4.69, 9.17) is 14.6 Å². The van der Waals surface area contributed by atoms with Gasteiger partial charge in [-0.3, -0.25) is 4.79 Å². The first-order valence-corrected chi connectivity index (χ1v) is 7.93. The van der Waals surface area contributed by atoms with Gasteiger partial charge in [0.15, 0.2) is 0 Å². The molecule has 0 bridgehead atoms. The van der Waals surface area contributed by atoms with E-state index in [0.29, 0.717) is 38.5 Å². The van der Waals surface area contributed by atoms with Gasteiger partial charge in [-0.2, -0.15) is 0 Å². The van der Waals surface area contributed by atoms with Gasteiger partial charge in [0.25, 0.3) is 0 Å². The molecule has 2 rings (SSSR count). The monoisotopic (exact) mass is 337 g/mol. The van der Waals surface area contributed by atoms with Gasteiger partial charge in [0.2, 0.25) is 5.88 Å². The number of methoxy groups -OCH3 is 1. The fraction of sp³-hybridized carbons (Fsp3) is 0.562. The third-order valence-electron chi connectivity index (χ3n) is 3.86. The molecule has 8 heteroatoms. The minimum absolute atomic E-state index is 0.241. The zero-order chi connectivity index (χ0) is 17.4. The molecule has 1 saturated heterocycles. The molecule has 0 radical (unpaired) electrons. The number of carbonyl (C=O) groups excluding carboxylic acids is 1. The van der Waals surface area contributed by atoms with E-state index in [1.165, 1.54) is 0 Å². The van der Waals surface area contributed by atoms with Crippen molar-refractivity contribution in [2.24, 2.45) is 5.92 Å². The van der Waals surface area contributed by atoms with Crippen LogP contribution in [0.15, 0.2) is 18.3 Å². The van der Waals surface area contributed by atoms with Crippen molar-refractivity contribution in [3.05, 3.63) is 23.9 Å². The highest BCUT2D eigenvalue weighted by atomic mass is 16.5. The Kier molecular flexibility index (Phi) is 6.80. The van der Waals surface area contributed by atoms with Gasteiger partial charge in [0.1, 0.15) is 6.61 Å².